The number of nitrogens with one attached hydrogen (secondary N) is 1. The molecule has 0 atom stereocenters. The smallest absolute Gasteiger partial charge is 0.411 e. The van der Waals surface area contributed by atoms with Gasteiger partial charge in [0, 0.05) is 10.7 Å². The maximum Gasteiger partial charge on any atom is 0.411 e. The van der Waals surface area contributed by atoms with Gasteiger partial charge in [0.15, 0.2) is 0 Å². The standard InChI is InChI=1S/C12H10BrNO4/c13-5-6-17-12(16)14-9-7-8-3-1-2-4-10(8)18-11(9)15/h1-4,7H,5-6H2,(H,14,16). The highest BCUT2D eigenvalue weighted by Crippen LogP contribution is 2.15. The first-order valence-corrected chi connectivity index (χ1v) is 6.35. The fourth-order valence-corrected chi connectivity index (χ4v) is 1.59. The van der Waals surface area contributed by atoms with Gasteiger partial charge in [0.05, 0.1) is 0 Å². The Bertz CT molecular complexity index is 623. The van der Waals surface area contributed by atoms with Gasteiger partial charge in [0.1, 0.15) is 17.9 Å². The number of hydrogen-bond acceptors (Lipinski definition) is 4. The Morgan fingerprint density at radius 3 is 2.94 bits per heavy atom. The van der Waals surface area contributed by atoms with Crippen molar-refractivity contribution in [2.24, 2.45) is 0 Å². The SMILES string of the molecule is O=C(Nc1cc2ccccc2oc1=O)OCCBr. The number of amides is 1. The van der Waals surface area contributed by atoms with Crippen molar-refractivity contribution in [3.8, 4) is 0 Å². The predicted molar refractivity (Wildman–Crippen MR) is 71.2 cm³/mol. The average molecular weight is 312 g/mol. The number of benzene rings is 1. The lowest BCUT2D eigenvalue weighted by atomic mass is 10.2. The molecule has 1 aromatic carbocycles. The third-order valence-corrected chi connectivity index (χ3v) is 2.51. The molecule has 0 saturated carbocycles. The number of halogens is 1. The molecule has 0 unspecified atom stereocenters. The molecule has 1 heterocycles. The van der Waals surface area contributed by atoms with Crippen LogP contribution in [0.3, 0.4) is 0 Å². The van der Waals surface area contributed by atoms with Crippen molar-refractivity contribution >= 4 is 38.7 Å². The zero-order chi connectivity index (χ0) is 13.0. The molecule has 0 aliphatic carbocycles. The van der Waals surface area contributed by atoms with E-state index >= 15 is 0 Å². The summed E-state index contributed by atoms with van der Waals surface area (Å²) in [5.41, 5.74) is -0.0698. The normalized spacial score (nSPS) is 10.3. The zero-order valence-electron chi connectivity index (χ0n) is 9.31. The minimum absolute atomic E-state index is 0.0632. The monoisotopic (exact) mass is 311 g/mol. The maximum absolute atomic E-state index is 11.6. The van der Waals surface area contributed by atoms with Crippen molar-refractivity contribution < 1.29 is 13.9 Å². The van der Waals surface area contributed by atoms with Crippen molar-refractivity contribution in [3.63, 3.8) is 0 Å². The lowest BCUT2D eigenvalue weighted by Crippen LogP contribution is -2.19. The molecule has 0 radical (unpaired) electrons. The largest absolute Gasteiger partial charge is 0.448 e. The zero-order valence-corrected chi connectivity index (χ0v) is 10.9. The number of alkyl halides is 1. The molecule has 1 N–H and O–H groups in total. The second-order valence-corrected chi connectivity index (χ2v) is 4.23. The molecular formula is C12H10BrNO4. The highest BCUT2D eigenvalue weighted by atomic mass is 79.9. The number of hydrogen-bond donors (Lipinski definition) is 1. The summed E-state index contributed by atoms with van der Waals surface area (Å²) in [6.45, 7) is 0.227. The molecule has 1 aromatic heterocycles. The Labute approximate surface area is 111 Å². The van der Waals surface area contributed by atoms with E-state index < -0.39 is 11.7 Å². The molecule has 2 rings (SSSR count). The summed E-state index contributed by atoms with van der Waals surface area (Å²) in [6, 6.07) is 8.60. The van der Waals surface area contributed by atoms with Crippen LogP contribution < -0.4 is 10.9 Å². The molecule has 0 spiro atoms. The first-order valence-electron chi connectivity index (χ1n) is 5.23. The van der Waals surface area contributed by atoms with Crippen molar-refractivity contribution in [3.05, 3.63) is 40.8 Å². The predicted octanol–water partition coefficient (Wildman–Crippen LogP) is 2.74. The van der Waals surface area contributed by atoms with Crippen LogP contribution in [0.2, 0.25) is 0 Å². The van der Waals surface area contributed by atoms with Crippen molar-refractivity contribution in [1.82, 2.24) is 0 Å². The van der Waals surface area contributed by atoms with Gasteiger partial charge in [-0.2, -0.15) is 0 Å². The molecule has 0 saturated heterocycles. The Kier molecular flexibility index (Phi) is 3.99. The second-order valence-electron chi connectivity index (χ2n) is 3.44. The van der Waals surface area contributed by atoms with E-state index in [0.717, 1.165) is 5.39 Å². The van der Waals surface area contributed by atoms with E-state index in [0.29, 0.717) is 10.9 Å². The lowest BCUT2D eigenvalue weighted by Gasteiger charge is -2.05. The quantitative estimate of drug-likeness (QED) is 0.699. The van der Waals surface area contributed by atoms with Crippen molar-refractivity contribution in [2.45, 2.75) is 0 Å². The summed E-state index contributed by atoms with van der Waals surface area (Å²) in [6.07, 6.45) is -0.683. The Morgan fingerprint density at radius 2 is 2.17 bits per heavy atom. The summed E-state index contributed by atoms with van der Waals surface area (Å²) in [7, 11) is 0. The van der Waals surface area contributed by atoms with Crippen LogP contribution in [0, 0.1) is 0 Å². The number of carbonyl (C=O) groups excluding carboxylic acids is 1. The van der Waals surface area contributed by atoms with Crippen molar-refractivity contribution in [2.75, 3.05) is 17.3 Å². The number of ether oxygens (including phenoxy) is 1. The molecule has 1 amide bonds. The summed E-state index contributed by atoms with van der Waals surface area (Å²) < 4.78 is 9.85. The molecule has 0 aliphatic rings. The van der Waals surface area contributed by atoms with Gasteiger partial charge in [-0.25, -0.2) is 9.59 Å². The first-order chi connectivity index (χ1) is 8.70. The molecule has 0 bridgehead atoms. The third-order valence-electron chi connectivity index (χ3n) is 2.19. The number of rotatable bonds is 3. The molecule has 0 aliphatic heterocycles. The van der Waals surface area contributed by atoms with Crippen LogP contribution in [0.25, 0.3) is 11.0 Å². The fourth-order valence-electron chi connectivity index (χ4n) is 1.43. The van der Waals surface area contributed by atoms with Crippen molar-refractivity contribution in [1.29, 1.82) is 0 Å². The number of carbonyl (C=O) groups is 1. The number of anilines is 1. The van der Waals surface area contributed by atoms with E-state index in [1.807, 2.05) is 6.07 Å². The van der Waals surface area contributed by atoms with Gasteiger partial charge in [-0.3, -0.25) is 5.32 Å². The molecule has 94 valence electrons. The molecule has 18 heavy (non-hydrogen) atoms. The molecule has 5 nitrogen and oxygen atoms in total. The van der Waals surface area contributed by atoms with Crippen LogP contribution in [0.4, 0.5) is 10.5 Å². The summed E-state index contributed by atoms with van der Waals surface area (Å²) in [4.78, 5) is 22.9. The van der Waals surface area contributed by atoms with Crippen LogP contribution in [-0.4, -0.2) is 18.0 Å². The van der Waals surface area contributed by atoms with Crippen LogP contribution in [0.1, 0.15) is 0 Å². The Morgan fingerprint density at radius 1 is 1.39 bits per heavy atom. The third kappa shape index (κ3) is 2.89. The molecule has 2 aromatic rings. The summed E-state index contributed by atoms with van der Waals surface area (Å²) in [5, 5.41) is 3.61. The Balaban J connectivity index is 2.25. The minimum Gasteiger partial charge on any atom is -0.448 e. The number of para-hydroxylation sites is 1. The van der Waals surface area contributed by atoms with Gasteiger partial charge >= 0.3 is 11.7 Å². The minimum atomic E-state index is -0.683. The highest BCUT2D eigenvalue weighted by Gasteiger charge is 2.09. The molecule has 0 fully saturated rings. The second kappa shape index (κ2) is 5.68. The topological polar surface area (TPSA) is 68.5 Å². The van der Waals surface area contributed by atoms with Crippen LogP contribution in [-0.2, 0) is 4.74 Å². The van der Waals surface area contributed by atoms with E-state index in [2.05, 4.69) is 21.2 Å². The van der Waals surface area contributed by atoms with Gasteiger partial charge in [-0.1, -0.05) is 34.1 Å². The Hall–Kier alpha value is -1.82. The van der Waals surface area contributed by atoms with Crippen LogP contribution in [0.15, 0.2) is 39.5 Å². The van der Waals surface area contributed by atoms with E-state index in [-0.39, 0.29) is 12.3 Å². The van der Waals surface area contributed by atoms with Gasteiger partial charge in [-0.15, -0.1) is 0 Å². The number of fused-ring (bicyclic) bond motifs is 1. The highest BCUT2D eigenvalue weighted by molar-refractivity contribution is 9.09. The molecular weight excluding hydrogens is 302 g/mol. The van der Waals surface area contributed by atoms with Crippen LogP contribution in [0.5, 0.6) is 0 Å². The van der Waals surface area contributed by atoms with Crippen LogP contribution >= 0.6 is 15.9 Å². The van der Waals surface area contributed by atoms with Gasteiger partial charge in [0.2, 0.25) is 0 Å². The average Bonchev–Trinajstić information content (AvgIpc) is 2.37. The van der Waals surface area contributed by atoms with Gasteiger partial charge in [0.25, 0.3) is 0 Å². The fraction of sp³-hybridized carbons (Fsp3) is 0.167. The summed E-state index contributed by atoms with van der Waals surface area (Å²) >= 11 is 3.13. The summed E-state index contributed by atoms with van der Waals surface area (Å²) in [5.74, 6) is 0. The molecule has 6 heteroatoms. The van der Waals surface area contributed by atoms with Gasteiger partial charge in [-0.05, 0) is 12.1 Å². The lowest BCUT2D eigenvalue weighted by molar-refractivity contribution is 0.169. The first kappa shape index (κ1) is 12.6. The van der Waals surface area contributed by atoms with E-state index in [1.54, 1.807) is 24.3 Å². The maximum atomic E-state index is 11.6. The van der Waals surface area contributed by atoms with E-state index in [4.69, 9.17) is 9.15 Å². The van der Waals surface area contributed by atoms with Gasteiger partial charge < -0.3 is 9.15 Å². The van der Waals surface area contributed by atoms with E-state index in [9.17, 15) is 9.59 Å². The van der Waals surface area contributed by atoms with E-state index in [1.165, 1.54) is 0 Å².